The van der Waals surface area contributed by atoms with Crippen LogP contribution in [0.25, 0.3) is 0 Å². The van der Waals surface area contributed by atoms with Gasteiger partial charge in [-0.2, -0.15) is 0 Å². The molecule has 0 radical (unpaired) electrons. The summed E-state index contributed by atoms with van der Waals surface area (Å²) in [6.45, 7) is 3.63. The zero-order chi connectivity index (χ0) is 13.4. The topological polar surface area (TPSA) is 32.3 Å². The van der Waals surface area contributed by atoms with Gasteiger partial charge in [-0.1, -0.05) is 17.7 Å². The van der Waals surface area contributed by atoms with Crippen molar-refractivity contribution in [2.75, 3.05) is 13.1 Å². The lowest BCUT2D eigenvalue weighted by Crippen LogP contribution is -2.39. The number of aryl methyl sites for hydroxylation is 1. The first kappa shape index (κ1) is 12.9. The van der Waals surface area contributed by atoms with Gasteiger partial charge < -0.3 is 10.2 Å². The molecule has 2 bridgehead atoms. The Morgan fingerprint density at radius 2 is 2.11 bits per heavy atom. The molecule has 2 atom stereocenters. The van der Waals surface area contributed by atoms with Crippen LogP contribution in [0.3, 0.4) is 0 Å². The number of carbonyl (C=O) groups excluding carboxylic acids is 1. The van der Waals surface area contributed by atoms with Gasteiger partial charge in [-0.15, -0.1) is 0 Å². The molecule has 102 valence electrons. The average molecular weight is 279 g/mol. The number of hydrogen-bond acceptors (Lipinski definition) is 2. The van der Waals surface area contributed by atoms with E-state index in [4.69, 9.17) is 11.6 Å². The summed E-state index contributed by atoms with van der Waals surface area (Å²) in [7, 11) is 0. The maximum Gasteiger partial charge on any atom is 0.254 e. The molecule has 1 N–H and O–H groups in total. The summed E-state index contributed by atoms with van der Waals surface area (Å²) in [5, 5.41) is 4.22. The van der Waals surface area contributed by atoms with E-state index in [1.165, 1.54) is 12.8 Å². The lowest BCUT2D eigenvalue weighted by Gasteiger charge is -2.25. The third-order valence-electron chi connectivity index (χ3n) is 4.24. The number of benzene rings is 1. The van der Waals surface area contributed by atoms with Gasteiger partial charge in [0.25, 0.3) is 5.91 Å². The summed E-state index contributed by atoms with van der Waals surface area (Å²) < 4.78 is 0. The van der Waals surface area contributed by atoms with Crippen molar-refractivity contribution in [3.63, 3.8) is 0 Å². The van der Waals surface area contributed by atoms with E-state index in [-0.39, 0.29) is 5.91 Å². The molecule has 1 aromatic carbocycles. The molecule has 4 heteroatoms. The molecule has 3 nitrogen and oxygen atoms in total. The summed E-state index contributed by atoms with van der Waals surface area (Å²) in [5.74, 6) is 0.120. The van der Waals surface area contributed by atoms with Gasteiger partial charge >= 0.3 is 0 Å². The number of halogens is 1. The number of amides is 1. The molecule has 0 aromatic heterocycles. The molecule has 0 spiro atoms. The Morgan fingerprint density at radius 1 is 1.32 bits per heavy atom. The predicted octanol–water partition coefficient (Wildman–Crippen LogP) is 2.61. The van der Waals surface area contributed by atoms with Crippen LogP contribution in [0.4, 0.5) is 0 Å². The van der Waals surface area contributed by atoms with Crippen molar-refractivity contribution in [1.82, 2.24) is 10.2 Å². The minimum absolute atomic E-state index is 0.120. The van der Waals surface area contributed by atoms with Crippen LogP contribution in [-0.2, 0) is 0 Å². The molecule has 2 aliphatic rings. The summed E-state index contributed by atoms with van der Waals surface area (Å²) in [6, 6.07) is 6.60. The van der Waals surface area contributed by atoms with Crippen LogP contribution in [0.2, 0.25) is 5.02 Å². The van der Waals surface area contributed by atoms with E-state index in [9.17, 15) is 4.79 Å². The second kappa shape index (κ2) is 5.14. The first-order valence-corrected chi connectivity index (χ1v) is 7.33. The van der Waals surface area contributed by atoms with Gasteiger partial charge in [0, 0.05) is 35.8 Å². The number of nitrogens with zero attached hydrogens (tertiary/aromatic N) is 1. The number of rotatable bonds is 1. The molecular formula is C15H19ClN2O. The molecular weight excluding hydrogens is 260 g/mol. The third-order valence-corrected chi connectivity index (χ3v) is 4.48. The molecule has 2 saturated heterocycles. The van der Waals surface area contributed by atoms with Crippen molar-refractivity contribution in [2.24, 2.45) is 0 Å². The Labute approximate surface area is 118 Å². The lowest BCUT2D eigenvalue weighted by molar-refractivity contribution is 0.0747. The van der Waals surface area contributed by atoms with Crippen LogP contribution in [-0.4, -0.2) is 36.0 Å². The van der Waals surface area contributed by atoms with Crippen molar-refractivity contribution >= 4 is 17.5 Å². The van der Waals surface area contributed by atoms with Crippen molar-refractivity contribution in [3.8, 4) is 0 Å². The number of likely N-dealkylation sites (tertiary alicyclic amines) is 1. The first-order valence-electron chi connectivity index (χ1n) is 6.95. The number of fused-ring (bicyclic) bond motifs is 2. The quantitative estimate of drug-likeness (QED) is 0.856. The van der Waals surface area contributed by atoms with E-state index in [0.29, 0.717) is 17.1 Å². The van der Waals surface area contributed by atoms with Crippen molar-refractivity contribution in [2.45, 2.75) is 38.3 Å². The number of carbonyl (C=O) groups is 1. The fourth-order valence-electron chi connectivity index (χ4n) is 3.12. The highest BCUT2D eigenvalue weighted by molar-refractivity contribution is 6.31. The maximum absolute atomic E-state index is 12.6. The second-order valence-corrected chi connectivity index (χ2v) is 6.07. The smallest absolute Gasteiger partial charge is 0.254 e. The number of nitrogens with one attached hydrogen (secondary N) is 1. The van der Waals surface area contributed by atoms with Crippen LogP contribution < -0.4 is 5.32 Å². The highest BCUT2D eigenvalue weighted by Crippen LogP contribution is 2.23. The van der Waals surface area contributed by atoms with Crippen molar-refractivity contribution in [1.29, 1.82) is 0 Å². The second-order valence-electron chi connectivity index (χ2n) is 5.64. The molecule has 3 rings (SSSR count). The van der Waals surface area contributed by atoms with Gasteiger partial charge in [-0.3, -0.25) is 4.79 Å². The fourth-order valence-corrected chi connectivity index (χ4v) is 3.29. The minimum atomic E-state index is 0.120. The van der Waals surface area contributed by atoms with Crippen LogP contribution in [0.1, 0.15) is 35.2 Å². The van der Waals surface area contributed by atoms with Gasteiger partial charge in [0.15, 0.2) is 0 Å². The molecule has 1 amide bonds. The highest BCUT2D eigenvalue weighted by atomic mass is 35.5. The van der Waals surface area contributed by atoms with E-state index < -0.39 is 0 Å². The van der Waals surface area contributed by atoms with Gasteiger partial charge in [0.2, 0.25) is 0 Å². The van der Waals surface area contributed by atoms with E-state index in [0.717, 1.165) is 30.6 Å². The zero-order valence-corrected chi connectivity index (χ0v) is 11.9. The summed E-state index contributed by atoms with van der Waals surface area (Å²) in [6.07, 6.45) is 3.49. The minimum Gasteiger partial charge on any atom is -0.337 e. The summed E-state index contributed by atoms with van der Waals surface area (Å²) in [5.41, 5.74) is 1.74. The third kappa shape index (κ3) is 2.63. The Balaban J connectivity index is 1.81. The molecule has 19 heavy (non-hydrogen) atoms. The largest absolute Gasteiger partial charge is 0.337 e. The van der Waals surface area contributed by atoms with E-state index in [2.05, 4.69) is 5.32 Å². The molecule has 0 saturated carbocycles. The Hall–Kier alpha value is -1.06. The van der Waals surface area contributed by atoms with Gasteiger partial charge in [0.1, 0.15) is 0 Å². The first-order chi connectivity index (χ1) is 9.13. The zero-order valence-electron chi connectivity index (χ0n) is 11.2. The Morgan fingerprint density at radius 3 is 2.95 bits per heavy atom. The monoisotopic (exact) mass is 278 g/mol. The molecule has 2 heterocycles. The highest BCUT2D eigenvalue weighted by Gasteiger charge is 2.31. The lowest BCUT2D eigenvalue weighted by atomic mass is 10.0. The van der Waals surface area contributed by atoms with E-state index >= 15 is 0 Å². The Kier molecular flexibility index (Phi) is 3.50. The average Bonchev–Trinajstić information content (AvgIpc) is 2.71. The van der Waals surface area contributed by atoms with Crippen molar-refractivity contribution in [3.05, 3.63) is 34.3 Å². The van der Waals surface area contributed by atoms with Crippen LogP contribution >= 0.6 is 11.6 Å². The van der Waals surface area contributed by atoms with Crippen LogP contribution in [0.5, 0.6) is 0 Å². The molecule has 2 unspecified atom stereocenters. The molecule has 2 fully saturated rings. The van der Waals surface area contributed by atoms with Crippen LogP contribution in [0.15, 0.2) is 18.2 Å². The van der Waals surface area contributed by atoms with Gasteiger partial charge in [-0.25, -0.2) is 0 Å². The van der Waals surface area contributed by atoms with Crippen LogP contribution in [0, 0.1) is 6.92 Å². The van der Waals surface area contributed by atoms with Gasteiger partial charge in [0.05, 0.1) is 0 Å². The molecule has 2 aliphatic heterocycles. The number of hydrogen-bond donors (Lipinski definition) is 1. The maximum atomic E-state index is 12.6. The SMILES string of the molecule is Cc1ccc(Cl)cc1C(=O)N1CCC2CCC(C1)N2. The van der Waals surface area contributed by atoms with Crippen molar-refractivity contribution < 1.29 is 4.79 Å². The van der Waals surface area contributed by atoms with Gasteiger partial charge in [-0.05, 0) is 43.9 Å². The molecule has 1 aromatic rings. The standard InChI is InChI=1S/C15H19ClN2O/c1-10-2-3-11(16)8-14(10)15(19)18-7-6-12-4-5-13(9-18)17-12/h2-3,8,12-13,17H,4-7,9H2,1H3. The Bertz CT molecular complexity index is 503. The summed E-state index contributed by atoms with van der Waals surface area (Å²) in [4.78, 5) is 14.6. The predicted molar refractivity (Wildman–Crippen MR) is 76.7 cm³/mol. The summed E-state index contributed by atoms with van der Waals surface area (Å²) >= 11 is 6.01. The normalized spacial score (nSPS) is 26.3. The van der Waals surface area contributed by atoms with E-state index in [1.54, 1.807) is 6.07 Å². The molecule has 0 aliphatic carbocycles. The fraction of sp³-hybridized carbons (Fsp3) is 0.533. The van der Waals surface area contributed by atoms with E-state index in [1.807, 2.05) is 24.0 Å².